The fourth-order valence-corrected chi connectivity index (χ4v) is 2.57. The molecule has 2 N–H and O–H groups in total. The highest BCUT2D eigenvalue weighted by molar-refractivity contribution is 14.0. The number of nitrogens with zero attached hydrogens (tertiary/aromatic N) is 2. The standard InChI is InChI=1S/C20H32N4O.HI/c1-5-7-8-9-10-14-24(4)20(21-3)23-16-17-12-11-13-18(15-17)19(25)22-6-2;/h5,11-13,15H,1,6-10,14,16H2,2-4H3,(H,21,23)(H,22,25);1H. The van der Waals surface area contributed by atoms with Gasteiger partial charge in [-0.25, -0.2) is 0 Å². The van der Waals surface area contributed by atoms with E-state index in [-0.39, 0.29) is 29.9 Å². The number of carbonyl (C=O) groups excluding carboxylic acids is 1. The minimum Gasteiger partial charge on any atom is -0.352 e. The zero-order valence-electron chi connectivity index (χ0n) is 16.3. The van der Waals surface area contributed by atoms with Crippen LogP contribution in [-0.4, -0.2) is 44.0 Å². The number of amides is 1. The van der Waals surface area contributed by atoms with E-state index in [1.54, 1.807) is 7.05 Å². The Morgan fingerprint density at radius 2 is 2.04 bits per heavy atom. The Balaban J connectivity index is 0.00000625. The Bertz CT molecular complexity index is 575. The summed E-state index contributed by atoms with van der Waals surface area (Å²) >= 11 is 0. The van der Waals surface area contributed by atoms with Crippen LogP contribution in [0.4, 0.5) is 0 Å². The molecule has 0 aromatic heterocycles. The van der Waals surface area contributed by atoms with E-state index in [9.17, 15) is 4.79 Å². The second-order valence-corrected chi connectivity index (χ2v) is 6.02. The summed E-state index contributed by atoms with van der Waals surface area (Å²) in [5.41, 5.74) is 1.75. The van der Waals surface area contributed by atoms with Crippen molar-refractivity contribution in [3.63, 3.8) is 0 Å². The maximum Gasteiger partial charge on any atom is 0.251 e. The van der Waals surface area contributed by atoms with Crippen LogP contribution in [0.5, 0.6) is 0 Å². The third kappa shape index (κ3) is 9.22. The van der Waals surface area contributed by atoms with Gasteiger partial charge in [0.25, 0.3) is 5.91 Å². The summed E-state index contributed by atoms with van der Waals surface area (Å²) in [5, 5.41) is 6.19. The zero-order chi connectivity index (χ0) is 18.5. The predicted molar refractivity (Wildman–Crippen MR) is 121 cm³/mol. The molecule has 0 unspecified atom stereocenters. The van der Waals surface area contributed by atoms with Crippen molar-refractivity contribution in [2.45, 2.75) is 39.2 Å². The second kappa shape index (κ2) is 14.6. The third-order valence-corrected chi connectivity index (χ3v) is 3.95. The molecule has 1 rings (SSSR count). The van der Waals surface area contributed by atoms with E-state index < -0.39 is 0 Å². The smallest absolute Gasteiger partial charge is 0.251 e. The third-order valence-electron chi connectivity index (χ3n) is 3.95. The molecule has 1 amide bonds. The predicted octanol–water partition coefficient (Wildman–Crippen LogP) is 3.81. The van der Waals surface area contributed by atoms with Crippen molar-refractivity contribution in [2.75, 3.05) is 27.2 Å². The molecule has 0 saturated heterocycles. The van der Waals surface area contributed by atoms with Gasteiger partial charge in [0.05, 0.1) is 0 Å². The molecule has 6 heteroatoms. The van der Waals surface area contributed by atoms with Gasteiger partial charge in [0.1, 0.15) is 0 Å². The SMILES string of the molecule is C=CCCCCCN(C)C(=NC)NCc1cccc(C(=O)NCC)c1.I. The summed E-state index contributed by atoms with van der Waals surface area (Å²) in [6.07, 6.45) is 6.58. The van der Waals surface area contributed by atoms with Crippen LogP contribution in [0.2, 0.25) is 0 Å². The lowest BCUT2D eigenvalue weighted by Crippen LogP contribution is -2.39. The van der Waals surface area contributed by atoms with E-state index in [1.165, 1.54) is 12.8 Å². The lowest BCUT2D eigenvalue weighted by atomic mass is 10.1. The molecule has 0 aliphatic rings. The number of rotatable bonds is 10. The van der Waals surface area contributed by atoms with Gasteiger partial charge in [-0.1, -0.05) is 24.6 Å². The summed E-state index contributed by atoms with van der Waals surface area (Å²) in [5.74, 6) is 0.831. The fraction of sp³-hybridized carbons (Fsp3) is 0.500. The van der Waals surface area contributed by atoms with Crippen molar-refractivity contribution >= 4 is 35.8 Å². The first-order valence-electron chi connectivity index (χ1n) is 9.02. The van der Waals surface area contributed by atoms with Crippen LogP contribution < -0.4 is 10.6 Å². The zero-order valence-corrected chi connectivity index (χ0v) is 18.6. The van der Waals surface area contributed by atoms with Gasteiger partial charge in [-0.2, -0.15) is 0 Å². The Kier molecular flexibility index (Phi) is 13.7. The van der Waals surface area contributed by atoms with Crippen LogP contribution in [0.1, 0.15) is 48.5 Å². The van der Waals surface area contributed by atoms with Gasteiger partial charge in [-0.15, -0.1) is 30.6 Å². The molecule has 0 heterocycles. The van der Waals surface area contributed by atoms with Gasteiger partial charge in [0.2, 0.25) is 0 Å². The number of carbonyl (C=O) groups is 1. The van der Waals surface area contributed by atoms with Crippen LogP contribution in [-0.2, 0) is 6.54 Å². The van der Waals surface area contributed by atoms with Crippen molar-refractivity contribution < 1.29 is 4.79 Å². The van der Waals surface area contributed by atoms with Gasteiger partial charge in [-0.3, -0.25) is 9.79 Å². The monoisotopic (exact) mass is 472 g/mol. The number of halogens is 1. The molecule has 1 aromatic carbocycles. The van der Waals surface area contributed by atoms with Crippen molar-refractivity contribution in [3.05, 3.63) is 48.0 Å². The average molecular weight is 472 g/mol. The number of hydrogen-bond acceptors (Lipinski definition) is 2. The topological polar surface area (TPSA) is 56.7 Å². The van der Waals surface area contributed by atoms with E-state index in [1.807, 2.05) is 44.3 Å². The minimum atomic E-state index is -0.0367. The van der Waals surface area contributed by atoms with E-state index in [0.29, 0.717) is 18.7 Å². The summed E-state index contributed by atoms with van der Waals surface area (Å²) in [6, 6.07) is 7.67. The molecule has 0 atom stereocenters. The molecule has 0 fully saturated rings. The number of nitrogens with one attached hydrogen (secondary N) is 2. The first-order chi connectivity index (χ1) is 12.1. The number of hydrogen-bond donors (Lipinski definition) is 2. The van der Waals surface area contributed by atoms with Gasteiger partial charge in [0.15, 0.2) is 5.96 Å². The highest BCUT2D eigenvalue weighted by Crippen LogP contribution is 2.06. The lowest BCUT2D eigenvalue weighted by Gasteiger charge is -2.22. The number of unbranched alkanes of at least 4 members (excludes halogenated alkanes) is 3. The summed E-state index contributed by atoms with van der Waals surface area (Å²) in [6.45, 7) is 7.91. The van der Waals surface area contributed by atoms with Gasteiger partial charge in [0, 0.05) is 39.3 Å². The summed E-state index contributed by atoms with van der Waals surface area (Å²) in [7, 11) is 3.84. The van der Waals surface area contributed by atoms with Crippen LogP contribution in [0.15, 0.2) is 41.9 Å². The summed E-state index contributed by atoms with van der Waals surface area (Å²) < 4.78 is 0. The largest absolute Gasteiger partial charge is 0.352 e. The van der Waals surface area contributed by atoms with Crippen LogP contribution in [0.25, 0.3) is 0 Å². The molecular weight excluding hydrogens is 439 g/mol. The van der Waals surface area contributed by atoms with Gasteiger partial charge >= 0.3 is 0 Å². The van der Waals surface area contributed by atoms with Crippen molar-refractivity contribution in [1.29, 1.82) is 0 Å². The molecule has 0 spiro atoms. The Morgan fingerprint density at radius 3 is 2.69 bits per heavy atom. The first-order valence-corrected chi connectivity index (χ1v) is 9.02. The molecule has 0 radical (unpaired) electrons. The normalized spacial score (nSPS) is 10.7. The number of aliphatic imine (C=N–C) groups is 1. The molecule has 5 nitrogen and oxygen atoms in total. The Hall–Kier alpha value is -1.57. The van der Waals surface area contributed by atoms with Crippen LogP contribution >= 0.6 is 24.0 Å². The summed E-state index contributed by atoms with van der Waals surface area (Å²) in [4.78, 5) is 18.4. The van der Waals surface area contributed by atoms with Gasteiger partial charge in [-0.05, 0) is 43.9 Å². The molecule has 1 aromatic rings. The highest BCUT2D eigenvalue weighted by Gasteiger charge is 2.07. The van der Waals surface area contributed by atoms with Crippen molar-refractivity contribution in [2.24, 2.45) is 4.99 Å². The van der Waals surface area contributed by atoms with Gasteiger partial charge < -0.3 is 15.5 Å². The molecule has 26 heavy (non-hydrogen) atoms. The number of allylic oxidation sites excluding steroid dienone is 1. The van der Waals surface area contributed by atoms with Crippen molar-refractivity contribution in [3.8, 4) is 0 Å². The van der Waals surface area contributed by atoms with E-state index >= 15 is 0 Å². The average Bonchev–Trinajstić information content (AvgIpc) is 2.62. The van der Waals surface area contributed by atoms with Crippen molar-refractivity contribution in [1.82, 2.24) is 15.5 Å². The number of guanidine groups is 1. The molecular formula is C20H33IN4O. The first kappa shape index (κ1) is 24.4. The van der Waals surface area contributed by atoms with E-state index in [2.05, 4.69) is 27.1 Å². The molecule has 146 valence electrons. The van der Waals surface area contributed by atoms with E-state index in [4.69, 9.17) is 0 Å². The van der Waals surface area contributed by atoms with E-state index in [0.717, 1.165) is 30.9 Å². The second-order valence-electron chi connectivity index (χ2n) is 6.02. The minimum absolute atomic E-state index is 0. The lowest BCUT2D eigenvalue weighted by molar-refractivity contribution is 0.0955. The molecule has 0 aliphatic carbocycles. The molecule has 0 aliphatic heterocycles. The number of benzene rings is 1. The highest BCUT2D eigenvalue weighted by atomic mass is 127. The maximum atomic E-state index is 11.9. The fourth-order valence-electron chi connectivity index (χ4n) is 2.57. The Labute approximate surface area is 175 Å². The van der Waals surface area contributed by atoms with Crippen LogP contribution in [0, 0.1) is 0 Å². The molecule has 0 bridgehead atoms. The molecule has 0 saturated carbocycles. The maximum absolute atomic E-state index is 11.9. The van der Waals surface area contributed by atoms with Crippen LogP contribution in [0.3, 0.4) is 0 Å². The quantitative estimate of drug-likeness (QED) is 0.179. The Morgan fingerprint density at radius 1 is 1.27 bits per heavy atom.